The monoisotopic (exact) mass is 388 g/mol. The number of carbonyl (C=O) groups is 1. The summed E-state index contributed by atoms with van der Waals surface area (Å²) in [6, 6.07) is 21.3. The van der Waals surface area contributed by atoms with Crippen LogP contribution in [0.3, 0.4) is 0 Å². The molecule has 0 saturated carbocycles. The first-order valence-corrected chi connectivity index (χ1v) is 9.31. The maximum absolute atomic E-state index is 12.7. The standard InChI is InChI=1S/C24H24N2O3/c1-17-22(28-2)14-13-20(23(17)29-3)16-25-26-24(27)21-12-8-7-11-19(21)15-18-9-5-4-6-10-18/h4-14,16H,15H2,1-3H3,(H,26,27)/b25-16+. The molecule has 1 amide bonds. The van der Waals surface area contributed by atoms with E-state index in [1.54, 1.807) is 26.5 Å². The molecule has 5 nitrogen and oxygen atoms in total. The van der Waals surface area contributed by atoms with E-state index in [0.717, 1.165) is 28.0 Å². The molecule has 29 heavy (non-hydrogen) atoms. The van der Waals surface area contributed by atoms with Crippen LogP contribution in [-0.4, -0.2) is 26.3 Å². The summed E-state index contributed by atoms with van der Waals surface area (Å²) in [7, 11) is 3.21. The number of ether oxygens (including phenoxy) is 2. The Kier molecular flexibility index (Phi) is 6.63. The number of carbonyl (C=O) groups excluding carboxylic acids is 1. The topological polar surface area (TPSA) is 59.9 Å². The maximum Gasteiger partial charge on any atom is 0.271 e. The molecule has 0 spiro atoms. The first-order chi connectivity index (χ1) is 14.1. The summed E-state index contributed by atoms with van der Waals surface area (Å²) in [5.41, 5.74) is 6.94. The highest BCUT2D eigenvalue weighted by molar-refractivity contribution is 5.96. The molecule has 0 saturated heterocycles. The lowest BCUT2D eigenvalue weighted by atomic mass is 9.99. The average Bonchev–Trinajstić information content (AvgIpc) is 2.75. The van der Waals surface area contributed by atoms with Crippen LogP contribution in [0.25, 0.3) is 0 Å². The second kappa shape index (κ2) is 9.55. The van der Waals surface area contributed by atoms with Crippen molar-refractivity contribution in [1.29, 1.82) is 0 Å². The normalized spacial score (nSPS) is 10.7. The molecule has 1 N–H and O–H groups in total. The lowest BCUT2D eigenvalue weighted by molar-refractivity contribution is 0.0954. The summed E-state index contributed by atoms with van der Waals surface area (Å²) in [5.74, 6) is 1.14. The first kappa shape index (κ1) is 20.1. The fraction of sp³-hybridized carbons (Fsp3) is 0.167. The highest BCUT2D eigenvalue weighted by atomic mass is 16.5. The minimum Gasteiger partial charge on any atom is -0.496 e. The number of amides is 1. The van der Waals surface area contributed by atoms with E-state index in [0.29, 0.717) is 17.7 Å². The van der Waals surface area contributed by atoms with Gasteiger partial charge in [-0.15, -0.1) is 0 Å². The van der Waals surface area contributed by atoms with Crippen molar-refractivity contribution in [3.8, 4) is 11.5 Å². The van der Waals surface area contributed by atoms with Gasteiger partial charge >= 0.3 is 0 Å². The van der Waals surface area contributed by atoms with E-state index >= 15 is 0 Å². The van der Waals surface area contributed by atoms with Gasteiger partial charge in [-0.25, -0.2) is 5.43 Å². The molecule has 0 aliphatic heterocycles. The van der Waals surface area contributed by atoms with Crippen molar-refractivity contribution in [3.05, 3.63) is 94.5 Å². The largest absolute Gasteiger partial charge is 0.496 e. The summed E-state index contributed by atoms with van der Waals surface area (Å²) in [5, 5.41) is 4.13. The fourth-order valence-electron chi connectivity index (χ4n) is 3.22. The minimum atomic E-state index is -0.253. The number of rotatable bonds is 7. The maximum atomic E-state index is 12.7. The zero-order valence-corrected chi connectivity index (χ0v) is 16.8. The van der Waals surface area contributed by atoms with Crippen molar-refractivity contribution in [2.75, 3.05) is 14.2 Å². The van der Waals surface area contributed by atoms with Gasteiger partial charge in [0, 0.05) is 16.7 Å². The lowest BCUT2D eigenvalue weighted by Gasteiger charge is -2.12. The molecule has 148 valence electrons. The Balaban J connectivity index is 1.76. The summed E-state index contributed by atoms with van der Waals surface area (Å²) in [6.07, 6.45) is 2.25. The van der Waals surface area contributed by atoms with Crippen LogP contribution in [0.15, 0.2) is 71.8 Å². The second-order valence-electron chi connectivity index (χ2n) is 6.53. The van der Waals surface area contributed by atoms with Gasteiger partial charge in [-0.05, 0) is 42.7 Å². The van der Waals surface area contributed by atoms with Crippen LogP contribution < -0.4 is 14.9 Å². The van der Waals surface area contributed by atoms with E-state index in [9.17, 15) is 4.79 Å². The second-order valence-corrected chi connectivity index (χ2v) is 6.53. The van der Waals surface area contributed by atoms with Gasteiger partial charge < -0.3 is 9.47 Å². The van der Waals surface area contributed by atoms with Crippen molar-refractivity contribution >= 4 is 12.1 Å². The molecular weight excluding hydrogens is 364 g/mol. The minimum absolute atomic E-state index is 0.253. The van der Waals surface area contributed by atoms with Crippen molar-refractivity contribution in [2.45, 2.75) is 13.3 Å². The third kappa shape index (κ3) is 4.82. The molecule has 3 aromatic rings. The number of benzene rings is 3. The average molecular weight is 388 g/mol. The highest BCUT2D eigenvalue weighted by Gasteiger charge is 2.12. The number of nitrogens with one attached hydrogen (secondary N) is 1. The van der Waals surface area contributed by atoms with Gasteiger partial charge in [0.2, 0.25) is 0 Å². The molecule has 0 atom stereocenters. The van der Waals surface area contributed by atoms with Crippen LogP contribution in [0.1, 0.15) is 32.6 Å². The SMILES string of the molecule is COc1ccc(/C=N/NC(=O)c2ccccc2Cc2ccccc2)c(OC)c1C. The van der Waals surface area contributed by atoms with Crippen molar-refractivity contribution in [1.82, 2.24) is 5.43 Å². The quantitative estimate of drug-likeness (QED) is 0.483. The van der Waals surface area contributed by atoms with Crippen LogP contribution in [0, 0.1) is 6.92 Å². The van der Waals surface area contributed by atoms with Crippen LogP contribution in [0.2, 0.25) is 0 Å². The molecule has 0 aliphatic rings. The van der Waals surface area contributed by atoms with E-state index in [1.165, 1.54) is 0 Å². The Hall–Kier alpha value is -3.60. The molecule has 0 aromatic heterocycles. The van der Waals surface area contributed by atoms with Crippen molar-refractivity contribution in [2.24, 2.45) is 5.10 Å². The smallest absolute Gasteiger partial charge is 0.271 e. The molecule has 0 fully saturated rings. The molecule has 0 radical (unpaired) electrons. The van der Waals surface area contributed by atoms with Crippen LogP contribution in [-0.2, 0) is 6.42 Å². The number of nitrogens with zero attached hydrogens (tertiary/aromatic N) is 1. The highest BCUT2D eigenvalue weighted by Crippen LogP contribution is 2.30. The number of hydrogen-bond acceptors (Lipinski definition) is 4. The Morgan fingerprint density at radius 1 is 0.966 bits per heavy atom. The van der Waals surface area contributed by atoms with Crippen LogP contribution in [0.4, 0.5) is 0 Å². The number of hydrogen-bond donors (Lipinski definition) is 1. The van der Waals surface area contributed by atoms with Gasteiger partial charge in [0.15, 0.2) is 0 Å². The van der Waals surface area contributed by atoms with Gasteiger partial charge in [0.1, 0.15) is 11.5 Å². The summed E-state index contributed by atoms with van der Waals surface area (Å²) in [6.45, 7) is 1.91. The Labute approximate surface area is 171 Å². The van der Waals surface area contributed by atoms with Gasteiger partial charge in [-0.3, -0.25) is 4.79 Å². The molecule has 3 aromatic carbocycles. The Bertz CT molecular complexity index is 1010. The van der Waals surface area contributed by atoms with E-state index in [2.05, 4.69) is 10.5 Å². The summed E-state index contributed by atoms with van der Waals surface area (Å²) >= 11 is 0. The van der Waals surface area contributed by atoms with Crippen LogP contribution in [0.5, 0.6) is 11.5 Å². The van der Waals surface area contributed by atoms with E-state index in [-0.39, 0.29) is 5.91 Å². The molecule has 0 aliphatic carbocycles. The molecule has 3 rings (SSSR count). The van der Waals surface area contributed by atoms with Gasteiger partial charge in [-0.1, -0.05) is 48.5 Å². The van der Waals surface area contributed by atoms with Crippen molar-refractivity contribution in [3.63, 3.8) is 0 Å². The van der Waals surface area contributed by atoms with E-state index < -0.39 is 0 Å². The predicted molar refractivity (Wildman–Crippen MR) is 115 cm³/mol. The predicted octanol–water partition coefficient (Wildman–Crippen LogP) is 4.37. The fourth-order valence-corrected chi connectivity index (χ4v) is 3.22. The number of methoxy groups -OCH3 is 2. The molecule has 5 heteroatoms. The zero-order valence-electron chi connectivity index (χ0n) is 16.8. The van der Waals surface area contributed by atoms with Gasteiger partial charge in [0.05, 0.1) is 20.4 Å². The third-order valence-electron chi connectivity index (χ3n) is 4.68. The summed E-state index contributed by atoms with van der Waals surface area (Å²) < 4.78 is 10.8. The summed E-state index contributed by atoms with van der Waals surface area (Å²) in [4.78, 5) is 12.7. The molecule has 0 heterocycles. The first-order valence-electron chi connectivity index (χ1n) is 9.31. The molecule has 0 bridgehead atoms. The van der Waals surface area contributed by atoms with Crippen LogP contribution >= 0.6 is 0 Å². The van der Waals surface area contributed by atoms with Crippen molar-refractivity contribution < 1.29 is 14.3 Å². The molecular formula is C24H24N2O3. The van der Waals surface area contributed by atoms with Gasteiger partial charge in [-0.2, -0.15) is 5.10 Å². The van der Waals surface area contributed by atoms with E-state index in [4.69, 9.17) is 9.47 Å². The lowest BCUT2D eigenvalue weighted by Crippen LogP contribution is -2.19. The Morgan fingerprint density at radius 3 is 2.41 bits per heavy atom. The Morgan fingerprint density at radius 2 is 1.69 bits per heavy atom. The number of hydrazone groups is 1. The third-order valence-corrected chi connectivity index (χ3v) is 4.68. The zero-order chi connectivity index (χ0) is 20.6. The van der Waals surface area contributed by atoms with E-state index in [1.807, 2.05) is 67.6 Å². The van der Waals surface area contributed by atoms with Gasteiger partial charge in [0.25, 0.3) is 5.91 Å². The molecule has 0 unspecified atom stereocenters.